The lowest BCUT2D eigenvalue weighted by atomic mass is 10.1. The number of carbonyl (C=O) groups excluding carboxylic acids is 1. The van der Waals surface area contributed by atoms with Crippen molar-refractivity contribution < 1.29 is 14.7 Å². The second-order valence-electron chi connectivity index (χ2n) is 4.88. The molecule has 110 valence electrons. The number of nitrogens with zero attached hydrogens (tertiary/aromatic N) is 1. The number of benzene rings is 1. The van der Waals surface area contributed by atoms with E-state index in [1.165, 1.54) is 12.1 Å². The van der Waals surface area contributed by atoms with E-state index in [0.717, 1.165) is 18.5 Å². The number of nitrogens with one attached hydrogen (secondary N) is 1. The zero-order chi connectivity index (χ0) is 15.4. The van der Waals surface area contributed by atoms with E-state index < -0.39 is 5.97 Å². The van der Waals surface area contributed by atoms with Crippen molar-refractivity contribution in [3.05, 3.63) is 53.3 Å². The predicted octanol–water partition coefficient (Wildman–Crippen LogP) is 3.16. The highest BCUT2D eigenvalue weighted by Gasteiger charge is 2.13. The van der Waals surface area contributed by atoms with Gasteiger partial charge in [0.1, 0.15) is 5.69 Å². The van der Waals surface area contributed by atoms with Crippen molar-refractivity contribution in [1.82, 2.24) is 4.57 Å². The van der Waals surface area contributed by atoms with Crippen molar-refractivity contribution in [2.45, 2.75) is 26.8 Å². The summed E-state index contributed by atoms with van der Waals surface area (Å²) in [5.74, 6) is -1.25. The summed E-state index contributed by atoms with van der Waals surface area (Å²) < 4.78 is 1.88. The van der Waals surface area contributed by atoms with Gasteiger partial charge in [0.2, 0.25) is 0 Å². The largest absolute Gasteiger partial charge is 0.478 e. The average Bonchev–Trinajstić information content (AvgIpc) is 2.89. The number of hydrogen-bond donors (Lipinski definition) is 2. The van der Waals surface area contributed by atoms with Gasteiger partial charge in [0.15, 0.2) is 0 Å². The summed E-state index contributed by atoms with van der Waals surface area (Å²) in [6.07, 6.45) is 2.79. The summed E-state index contributed by atoms with van der Waals surface area (Å²) in [4.78, 5) is 23.3. The smallest absolute Gasteiger partial charge is 0.335 e. The van der Waals surface area contributed by atoms with Crippen molar-refractivity contribution in [1.29, 1.82) is 0 Å². The van der Waals surface area contributed by atoms with Crippen LogP contribution < -0.4 is 5.32 Å². The minimum Gasteiger partial charge on any atom is -0.478 e. The molecule has 0 saturated heterocycles. The number of aryl methyl sites for hydroxylation is 2. The molecule has 0 aliphatic carbocycles. The Labute approximate surface area is 123 Å². The Morgan fingerprint density at radius 3 is 2.71 bits per heavy atom. The third kappa shape index (κ3) is 3.31. The fourth-order valence-electron chi connectivity index (χ4n) is 2.13. The maximum Gasteiger partial charge on any atom is 0.335 e. The lowest BCUT2D eigenvalue weighted by Gasteiger charge is -2.11. The summed E-state index contributed by atoms with van der Waals surface area (Å²) in [5, 5.41) is 11.8. The lowest BCUT2D eigenvalue weighted by molar-refractivity contribution is 0.0696. The zero-order valence-electron chi connectivity index (χ0n) is 12.1. The van der Waals surface area contributed by atoms with Gasteiger partial charge in [-0.25, -0.2) is 4.79 Å². The van der Waals surface area contributed by atoms with Gasteiger partial charge in [0.05, 0.1) is 5.56 Å². The fourth-order valence-corrected chi connectivity index (χ4v) is 2.13. The molecule has 0 saturated carbocycles. The number of carboxylic acids is 1. The van der Waals surface area contributed by atoms with Gasteiger partial charge in [-0.15, -0.1) is 0 Å². The van der Waals surface area contributed by atoms with E-state index in [9.17, 15) is 9.59 Å². The molecule has 1 heterocycles. The molecule has 1 aromatic heterocycles. The Morgan fingerprint density at radius 1 is 1.29 bits per heavy atom. The molecule has 0 unspecified atom stereocenters. The molecule has 0 aliphatic rings. The van der Waals surface area contributed by atoms with Crippen LogP contribution in [0.15, 0.2) is 36.5 Å². The number of aromatic nitrogens is 1. The van der Waals surface area contributed by atoms with E-state index in [1.54, 1.807) is 12.1 Å². The molecule has 21 heavy (non-hydrogen) atoms. The maximum absolute atomic E-state index is 12.3. The highest BCUT2D eigenvalue weighted by atomic mass is 16.4. The molecule has 5 nitrogen and oxygen atoms in total. The Kier molecular flexibility index (Phi) is 4.42. The minimum absolute atomic E-state index is 0.153. The van der Waals surface area contributed by atoms with Crippen molar-refractivity contribution in [3.8, 4) is 0 Å². The second-order valence-corrected chi connectivity index (χ2v) is 4.88. The second kappa shape index (κ2) is 6.26. The van der Waals surface area contributed by atoms with E-state index >= 15 is 0 Å². The predicted molar refractivity (Wildman–Crippen MR) is 80.8 cm³/mol. The first-order chi connectivity index (χ1) is 10.0. The molecule has 5 heteroatoms. The maximum atomic E-state index is 12.3. The fraction of sp³-hybridized carbons (Fsp3) is 0.250. The summed E-state index contributed by atoms with van der Waals surface area (Å²) >= 11 is 0. The first kappa shape index (κ1) is 14.8. The zero-order valence-corrected chi connectivity index (χ0v) is 12.1. The van der Waals surface area contributed by atoms with E-state index in [0.29, 0.717) is 11.4 Å². The number of amides is 1. The molecule has 0 fully saturated rings. The van der Waals surface area contributed by atoms with E-state index in [2.05, 4.69) is 5.32 Å². The summed E-state index contributed by atoms with van der Waals surface area (Å²) in [5.41, 5.74) is 2.06. The van der Waals surface area contributed by atoms with Gasteiger partial charge >= 0.3 is 5.97 Å². The van der Waals surface area contributed by atoms with Crippen molar-refractivity contribution in [2.75, 3.05) is 5.32 Å². The first-order valence-corrected chi connectivity index (χ1v) is 6.83. The number of aromatic carboxylic acids is 1. The summed E-state index contributed by atoms with van der Waals surface area (Å²) in [6.45, 7) is 4.64. The number of anilines is 1. The standard InChI is InChI=1S/C16H18N2O3/c1-3-8-18-9-4-5-14(18)15(19)17-13-10-12(16(20)21)7-6-11(13)2/h4-7,9-10H,3,8H2,1-2H3,(H,17,19)(H,20,21). The topological polar surface area (TPSA) is 71.3 Å². The van der Waals surface area contributed by atoms with Gasteiger partial charge < -0.3 is 15.0 Å². The number of hydrogen-bond acceptors (Lipinski definition) is 2. The number of carbonyl (C=O) groups is 2. The van der Waals surface area contributed by atoms with Crippen LogP contribution >= 0.6 is 0 Å². The molecular weight excluding hydrogens is 268 g/mol. The average molecular weight is 286 g/mol. The monoisotopic (exact) mass is 286 g/mol. The lowest BCUT2D eigenvalue weighted by Crippen LogP contribution is -2.17. The van der Waals surface area contributed by atoms with E-state index in [-0.39, 0.29) is 11.5 Å². The Bertz CT molecular complexity index is 674. The molecule has 0 atom stereocenters. The van der Waals surface area contributed by atoms with Crippen LogP contribution in [0, 0.1) is 6.92 Å². The van der Waals surface area contributed by atoms with E-state index in [1.807, 2.05) is 30.7 Å². The van der Waals surface area contributed by atoms with Crippen LogP contribution in [0.1, 0.15) is 39.8 Å². The van der Waals surface area contributed by atoms with Gasteiger partial charge in [0.25, 0.3) is 5.91 Å². The van der Waals surface area contributed by atoms with Crippen molar-refractivity contribution in [3.63, 3.8) is 0 Å². The van der Waals surface area contributed by atoms with Crippen LogP contribution in [-0.2, 0) is 6.54 Å². The third-order valence-corrected chi connectivity index (χ3v) is 3.26. The van der Waals surface area contributed by atoms with Crippen molar-refractivity contribution >= 4 is 17.6 Å². The summed E-state index contributed by atoms with van der Waals surface area (Å²) in [7, 11) is 0. The van der Waals surface area contributed by atoms with Crippen LogP contribution in [0.4, 0.5) is 5.69 Å². The van der Waals surface area contributed by atoms with Crippen molar-refractivity contribution in [2.24, 2.45) is 0 Å². The number of carboxylic acid groups (broad SMARTS) is 1. The van der Waals surface area contributed by atoms with Gasteiger partial charge in [-0.05, 0) is 43.2 Å². The molecule has 0 spiro atoms. The van der Waals surface area contributed by atoms with Gasteiger partial charge in [-0.1, -0.05) is 13.0 Å². The Morgan fingerprint density at radius 2 is 2.05 bits per heavy atom. The molecular formula is C16H18N2O3. The molecule has 0 aliphatic heterocycles. The van der Waals surface area contributed by atoms with Crippen LogP contribution in [0.5, 0.6) is 0 Å². The molecule has 2 N–H and O–H groups in total. The van der Waals surface area contributed by atoms with E-state index in [4.69, 9.17) is 5.11 Å². The minimum atomic E-state index is -1.01. The Hall–Kier alpha value is -2.56. The first-order valence-electron chi connectivity index (χ1n) is 6.83. The third-order valence-electron chi connectivity index (χ3n) is 3.26. The molecule has 1 amide bonds. The SMILES string of the molecule is CCCn1cccc1C(=O)Nc1cc(C(=O)O)ccc1C. The van der Waals surface area contributed by atoms with Gasteiger partial charge in [-0.3, -0.25) is 4.79 Å². The highest BCUT2D eigenvalue weighted by molar-refractivity contribution is 6.04. The van der Waals surface area contributed by atoms with Crippen LogP contribution in [0.3, 0.4) is 0 Å². The molecule has 1 aromatic carbocycles. The molecule has 2 aromatic rings. The molecule has 0 radical (unpaired) electrons. The quantitative estimate of drug-likeness (QED) is 0.887. The molecule has 2 rings (SSSR count). The van der Waals surface area contributed by atoms with Gasteiger partial charge in [0, 0.05) is 18.4 Å². The van der Waals surface area contributed by atoms with Crippen LogP contribution in [-0.4, -0.2) is 21.6 Å². The highest BCUT2D eigenvalue weighted by Crippen LogP contribution is 2.18. The molecule has 0 bridgehead atoms. The summed E-state index contributed by atoms with van der Waals surface area (Å²) in [6, 6.07) is 8.26. The normalized spacial score (nSPS) is 10.4. The van der Waals surface area contributed by atoms with Crippen LogP contribution in [0.25, 0.3) is 0 Å². The Balaban J connectivity index is 2.25. The number of rotatable bonds is 5. The van der Waals surface area contributed by atoms with Gasteiger partial charge in [-0.2, -0.15) is 0 Å². The van der Waals surface area contributed by atoms with Crippen LogP contribution in [0.2, 0.25) is 0 Å².